The maximum atomic E-state index is 12.5. The first-order valence-corrected chi connectivity index (χ1v) is 8.53. The summed E-state index contributed by atoms with van der Waals surface area (Å²) < 4.78 is 27.7. The van der Waals surface area contributed by atoms with Crippen molar-refractivity contribution in [3.8, 4) is 0 Å². The van der Waals surface area contributed by atoms with Gasteiger partial charge in [0, 0.05) is 24.2 Å². The van der Waals surface area contributed by atoms with Crippen LogP contribution in [0.25, 0.3) is 0 Å². The quantitative estimate of drug-likeness (QED) is 0.930. The Hall–Kier alpha value is -1.40. The van der Waals surface area contributed by atoms with Gasteiger partial charge in [0.25, 0.3) is 0 Å². The van der Waals surface area contributed by atoms with E-state index in [4.69, 9.17) is 0 Å². The third-order valence-corrected chi connectivity index (χ3v) is 5.19. The van der Waals surface area contributed by atoms with E-state index in [0.717, 1.165) is 6.42 Å². The number of carbonyl (C=O) groups excluding carboxylic acids is 1. The fourth-order valence-corrected chi connectivity index (χ4v) is 4.11. The minimum Gasteiger partial charge on any atom is -0.312 e. The summed E-state index contributed by atoms with van der Waals surface area (Å²) in [6.07, 6.45) is 1.34. The van der Waals surface area contributed by atoms with Gasteiger partial charge in [-0.3, -0.25) is 4.79 Å². The molecule has 0 atom stereocenters. The Morgan fingerprint density at radius 2 is 1.90 bits per heavy atom. The smallest absolute Gasteiger partial charge is 0.241 e. The van der Waals surface area contributed by atoms with Gasteiger partial charge in [-0.05, 0) is 51.8 Å². The van der Waals surface area contributed by atoms with E-state index in [1.807, 2.05) is 0 Å². The summed E-state index contributed by atoms with van der Waals surface area (Å²) in [5.74, 6) is 0.0472. The number of aryl methyl sites for hydroxylation is 1. The summed E-state index contributed by atoms with van der Waals surface area (Å²) in [5, 5.41) is 0. The summed E-state index contributed by atoms with van der Waals surface area (Å²) >= 11 is 0. The van der Waals surface area contributed by atoms with Crippen molar-refractivity contribution in [3.05, 3.63) is 23.8 Å². The van der Waals surface area contributed by atoms with Crippen LogP contribution in [-0.4, -0.2) is 26.4 Å². The van der Waals surface area contributed by atoms with Crippen LogP contribution in [0.2, 0.25) is 0 Å². The second-order valence-corrected chi connectivity index (χ2v) is 8.11. The normalized spacial score (nSPS) is 16.6. The van der Waals surface area contributed by atoms with Crippen LogP contribution in [0.4, 0.5) is 5.69 Å². The molecule has 0 unspecified atom stereocenters. The molecule has 2 rings (SSSR count). The Labute approximate surface area is 126 Å². The molecule has 1 aromatic carbocycles. The monoisotopic (exact) mass is 310 g/mol. The van der Waals surface area contributed by atoms with Crippen molar-refractivity contribution in [1.29, 1.82) is 0 Å². The lowest BCUT2D eigenvalue weighted by molar-refractivity contribution is -0.117. The van der Waals surface area contributed by atoms with Gasteiger partial charge in [0.1, 0.15) is 0 Å². The van der Waals surface area contributed by atoms with E-state index in [2.05, 4.69) is 4.72 Å². The van der Waals surface area contributed by atoms with Gasteiger partial charge in [0.2, 0.25) is 15.9 Å². The van der Waals surface area contributed by atoms with Gasteiger partial charge in [-0.1, -0.05) is 6.07 Å². The van der Waals surface area contributed by atoms with E-state index >= 15 is 0 Å². The minimum atomic E-state index is -3.61. The Morgan fingerprint density at radius 1 is 1.24 bits per heavy atom. The summed E-state index contributed by atoms with van der Waals surface area (Å²) in [4.78, 5) is 13.7. The molecule has 1 saturated heterocycles. The fraction of sp³-hybridized carbons (Fsp3) is 0.533. The second-order valence-electron chi connectivity index (χ2n) is 6.45. The highest BCUT2D eigenvalue weighted by Gasteiger charge is 2.26. The van der Waals surface area contributed by atoms with Gasteiger partial charge in [-0.25, -0.2) is 13.1 Å². The van der Waals surface area contributed by atoms with Crippen molar-refractivity contribution in [1.82, 2.24) is 4.72 Å². The lowest BCUT2D eigenvalue weighted by Gasteiger charge is -2.22. The van der Waals surface area contributed by atoms with Crippen LogP contribution in [0.1, 0.15) is 39.2 Å². The molecule has 1 heterocycles. The standard InChI is InChI=1S/C15H22N2O3S/c1-11-7-8-12(17-9-5-6-14(17)18)10-13(11)21(19,20)16-15(2,3)4/h7-8,10,16H,5-6,9H2,1-4H3. The molecule has 0 saturated carbocycles. The van der Waals surface area contributed by atoms with Gasteiger partial charge >= 0.3 is 0 Å². The van der Waals surface area contributed by atoms with E-state index in [1.165, 1.54) is 0 Å². The van der Waals surface area contributed by atoms with Crippen molar-refractivity contribution >= 4 is 21.6 Å². The summed E-state index contributed by atoms with van der Waals surface area (Å²) in [5.41, 5.74) is 0.768. The predicted molar refractivity (Wildman–Crippen MR) is 82.8 cm³/mol. The molecule has 21 heavy (non-hydrogen) atoms. The summed E-state index contributed by atoms with van der Waals surface area (Å²) in [6.45, 7) is 7.80. The number of amides is 1. The number of nitrogens with zero attached hydrogens (tertiary/aromatic N) is 1. The zero-order valence-electron chi connectivity index (χ0n) is 12.9. The minimum absolute atomic E-state index is 0.0472. The maximum Gasteiger partial charge on any atom is 0.241 e. The maximum absolute atomic E-state index is 12.5. The third-order valence-electron chi connectivity index (χ3n) is 3.29. The molecule has 0 aromatic heterocycles. The van der Waals surface area contributed by atoms with Gasteiger partial charge in [-0.2, -0.15) is 0 Å². The molecule has 1 fully saturated rings. The average molecular weight is 310 g/mol. The Kier molecular flexibility index (Phi) is 4.13. The van der Waals surface area contributed by atoms with Crippen LogP contribution in [0.5, 0.6) is 0 Å². The predicted octanol–water partition coefficient (Wildman–Crippen LogP) is 2.20. The van der Waals surface area contributed by atoms with Crippen molar-refractivity contribution < 1.29 is 13.2 Å². The highest BCUT2D eigenvalue weighted by molar-refractivity contribution is 7.89. The van der Waals surface area contributed by atoms with E-state index < -0.39 is 15.6 Å². The topological polar surface area (TPSA) is 66.5 Å². The molecule has 1 N–H and O–H groups in total. The first kappa shape index (κ1) is 16.0. The van der Waals surface area contributed by atoms with E-state index in [1.54, 1.807) is 50.8 Å². The SMILES string of the molecule is Cc1ccc(N2CCCC2=O)cc1S(=O)(=O)NC(C)(C)C. The zero-order valence-corrected chi connectivity index (χ0v) is 13.8. The number of anilines is 1. The molecule has 1 aliphatic rings. The molecule has 5 nitrogen and oxygen atoms in total. The fourth-order valence-electron chi connectivity index (χ4n) is 2.43. The van der Waals surface area contributed by atoms with Gasteiger partial charge in [-0.15, -0.1) is 0 Å². The molecule has 1 amide bonds. The Balaban J connectivity index is 2.42. The van der Waals surface area contributed by atoms with Crippen molar-refractivity contribution in [2.75, 3.05) is 11.4 Å². The number of sulfonamides is 1. The largest absolute Gasteiger partial charge is 0.312 e. The summed E-state index contributed by atoms with van der Waals surface area (Å²) in [7, 11) is -3.61. The van der Waals surface area contributed by atoms with Crippen LogP contribution in [-0.2, 0) is 14.8 Å². The number of hydrogen-bond donors (Lipinski definition) is 1. The Morgan fingerprint density at radius 3 is 2.43 bits per heavy atom. The van der Waals surface area contributed by atoms with Crippen molar-refractivity contribution in [2.45, 2.75) is 51.0 Å². The van der Waals surface area contributed by atoms with Crippen LogP contribution < -0.4 is 9.62 Å². The molecule has 1 aromatic rings. The average Bonchev–Trinajstić information content (AvgIpc) is 2.73. The first-order chi connectivity index (χ1) is 9.60. The number of carbonyl (C=O) groups is 1. The van der Waals surface area contributed by atoms with Crippen LogP contribution in [0.15, 0.2) is 23.1 Å². The number of rotatable bonds is 3. The van der Waals surface area contributed by atoms with Gasteiger partial charge in [0.15, 0.2) is 0 Å². The lowest BCUT2D eigenvalue weighted by Crippen LogP contribution is -2.40. The van der Waals surface area contributed by atoms with Gasteiger partial charge in [0.05, 0.1) is 4.90 Å². The molecule has 6 heteroatoms. The molecule has 1 aliphatic heterocycles. The zero-order chi connectivity index (χ0) is 15.8. The van der Waals surface area contributed by atoms with Gasteiger partial charge < -0.3 is 4.90 Å². The number of benzene rings is 1. The molecular weight excluding hydrogens is 288 g/mol. The van der Waals surface area contributed by atoms with Crippen molar-refractivity contribution in [2.24, 2.45) is 0 Å². The second kappa shape index (κ2) is 5.42. The molecule has 116 valence electrons. The highest BCUT2D eigenvalue weighted by Crippen LogP contribution is 2.27. The molecular formula is C15H22N2O3S. The molecule has 0 radical (unpaired) electrons. The van der Waals surface area contributed by atoms with E-state index in [-0.39, 0.29) is 10.8 Å². The van der Waals surface area contributed by atoms with E-state index in [9.17, 15) is 13.2 Å². The molecule has 0 aliphatic carbocycles. The molecule has 0 spiro atoms. The highest BCUT2D eigenvalue weighted by atomic mass is 32.2. The lowest BCUT2D eigenvalue weighted by atomic mass is 10.1. The molecule has 0 bridgehead atoms. The number of nitrogens with one attached hydrogen (secondary N) is 1. The van der Waals surface area contributed by atoms with Crippen LogP contribution >= 0.6 is 0 Å². The first-order valence-electron chi connectivity index (χ1n) is 7.05. The Bertz CT molecular complexity index is 660. The number of hydrogen-bond acceptors (Lipinski definition) is 3. The third kappa shape index (κ3) is 3.63. The van der Waals surface area contributed by atoms with Crippen molar-refractivity contribution in [3.63, 3.8) is 0 Å². The van der Waals surface area contributed by atoms with Crippen LogP contribution in [0.3, 0.4) is 0 Å². The van der Waals surface area contributed by atoms with Crippen LogP contribution in [0, 0.1) is 6.92 Å². The van der Waals surface area contributed by atoms with E-state index in [0.29, 0.717) is 24.2 Å². The summed E-state index contributed by atoms with van der Waals surface area (Å²) in [6, 6.07) is 5.14.